The van der Waals surface area contributed by atoms with Crippen molar-refractivity contribution in [3.05, 3.63) is 52.7 Å². The molecule has 3 rings (SSSR count). The molecule has 1 saturated carbocycles. The molecule has 0 spiro atoms. The number of halogens is 3. The lowest BCUT2D eigenvalue weighted by atomic mass is 9.65. The van der Waals surface area contributed by atoms with Crippen LogP contribution in [0.25, 0.3) is 11.3 Å². The van der Waals surface area contributed by atoms with Crippen LogP contribution in [0.15, 0.2) is 36.4 Å². The van der Waals surface area contributed by atoms with E-state index in [1.54, 1.807) is 18.2 Å². The fourth-order valence-corrected chi connectivity index (χ4v) is 3.12. The molecule has 0 bridgehead atoms. The predicted octanol–water partition coefficient (Wildman–Crippen LogP) is 4.29. The van der Waals surface area contributed by atoms with E-state index < -0.39 is 30.1 Å². The molecule has 7 heteroatoms. The van der Waals surface area contributed by atoms with Gasteiger partial charge in [-0.2, -0.15) is 5.26 Å². The van der Waals surface area contributed by atoms with E-state index in [1.165, 1.54) is 18.2 Å². The van der Waals surface area contributed by atoms with Crippen molar-refractivity contribution in [3.63, 3.8) is 0 Å². The summed E-state index contributed by atoms with van der Waals surface area (Å²) in [6, 6.07) is 11.1. The summed E-state index contributed by atoms with van der Waals surface area (Å²) in [7, 11) is 0. The van der Waals surface area contributed by atoms with Crippen LogP contribution >= 0.6 is 11.6 Å². The number of benzene rings is 1. The van der Waals surface area contributed by atoms with Gasteiger partial charge in [-0.3, -0.25) is 4.98 Å². The van der Waals surface area contributed by atoms with Crippen molar-refractivity contribution in [1.82, 2.24) is 4.98 Å². The molecule has 1 aromatic carbocycles. The summed E-state index contributed by atoms with van der Waals surface area (Å²) in [5.41, 5.74) is -0.0534. The first-order valence-electron chi connectivity index (χ1n) is 7.06. The third-order valence-electron chi connectivity index (χ3n) is 4.07. The van der Waals surface area contributed by atoms with Crippen LogP contribution in [-0.2, 0) is 5.41 Å². The lowest BCUT2D eigenvalue weighted by molar-refractivity contribution is -0.110. The quantitative estimate of drug-likeness (QED) is 0.897. The lowest BCUT2D eigenvalue weighted by Gasteiger charge is -2.41. The first-order valence-corrected chi connectivity index (χ1v) is 7.44. The summed E-state index contributed by atoms with van der Waals surface area (Å²) in [4.78, 5) is 15.3. The smallest absolute Gasteiger partial charge is 0.337 e. The average molecular weight is 349 g/mol. The monoisotopic (exact) mass is 348 g/mol. The Kier molecular flexibility index (Phi) is 3.77. The first kappa shape index (κ1) is 16.3. The van der Waals surface area contributed by atoms with E-state index in [2.05, 4.69) is 4.98 Å². The molecule has 1 N–H and O–H groups in total. The average Bonchev–Trinajstić information content (AvgIpc) is 2.51. The van der Waals surface area contributed by atoms with Gasteiger partial charge in [0, 0.05) is 18.4 Å². The zero-order chi connectivity index (χ0) is 17.5. The second kappa shape index (κ2) is 5.53. The number of carboxylic acid groups (broad SMARTS) is 1. The highest BCUT2D eigenvalue weighted by Gasteiger charge is 2.59. The van der Waals surface area contributed by atoms with Gasteiger partial charge < -0.3 is 5.11 Å². The minimum atomic E-state index is -2.85. The van der Waals surface area contributed by atoms with E-state index >= 15 is 0 Å². The summed E-state index contributed by atoms with van der Waals surface area (Å²) in [6.07, 6.45) is -1.10. The number of carboxylic acids is 1. The molecule has 2 aromatic rings. The first-order chi connectivity index (χ1) is 11.3. The topological polar surface area (TPSA) is 74.0 Å². The highest BCUT2D eigenvalue weighted by molar-refractivity contribution is 6.33. The highest BCUT2D eigenvalue weighted by Crippen LogP contribution is 2.52. The molecule has 0 radical (unpaired) electrons. The summed E-state index contributed by atoms with van der Waals surface area (Å²) < 4.78 is 26.5. The van der Waals surface area contributed by atoms with E-state index in [9.17, 15) is 18.8 Å². The number of alkyl halides is 2. The Hall–Kier alpha value is -2.52. The SMILES string of the molecule is N#CC1(c2cccc(-c3ccc(C(=O)O)c(Cl)c3)n2)CC(F)(F)C1. The van der Waals surface area contributed by atoms with Crippen molar-refractivity contribution in [2.45, 2.75) is 24.2 Å². The van der Waals surface area contributed by atoms with Crippen LogP contribution in [0.3, 0.4) is 0 Å². The molecule has 0 aliphatic heterocycles. The summed E-state index contributed by atoms with van der Waals surface area (Å²) in [6.45, 7) is 0. The molecule has 0 amide bonds. The molecule has 1 fully saturated rings. The maximum Gasteiger partial charge on any atom is 0.337 e. The Morgan fingerprint density at radius 1 is 1.29 bits per heavy atom. The molecule has 1 aliphatic rings. The second-order valence-corrected chi connectivity index (χ2v) is 6.22. The van der Waals surface area contributed by atoms with Crippen LogP contribution in [0, 0.1) is 11.3 Å². The van der Waals surface area contributed by atoms with E-state index in [4.69, 9.17) is 16.7 Å². The Morgan fingerprint density at radius 3 is 2.54 bits per heavy atom. The van der Waals surface area contributed by atoms with Crippen LogP contribution in [0.1, 0.15) is 28.9 Å². The fraction of sp³-hybridized carbons (Fsp3) is 0.235. The van der Waals surface area contributed by atoms with E-state index in [-0.39, 0.29) is 16.3 Å². The molecule has 0 saturated heterocycles. The molecule has 1 aliphatic carbocycles. The molecule has 0 unspecified atom stereocenters. The van der Waals surface area contributed by atoms with Crippen molar-refractivity contribution >= 4 is 17.6 Å². The third kappa shape index (κ3) is 2.72. The number of hydrogen-bond donors (Lipinski definition) is 1. The number of aromatic nitrogens is 1. The molecular formula is C17H11ClF2N2O2. The van der Waals surface area contributed by atoms with Crippen LogP contribution in [0.5, 0.6) is 0 Å². The predicted molar refractivity (Wildman–Crippen MR) is 83.1 cm³/mol. The molecule has 0 atom stereocenters. The van der Waals surface area contributed by atoms with Gasteiger partial charge in [-0.05, 0) is 24.3 Å². The van der Waals surface area contributed by atoms with E-state index in [1.807, 2.05) is 6.07 Å². The summed E-state index contributed by atoms with van der Waals surface area (Å²) >= 11 is 5.95. The number of aromatic carboxylic acids is 1. The number of hydrogen-bond acceptors (Lipinski definition) is 3. The van der Waals surface area contributed by atoms with Crippen molar-refractivity contribution < 1.29 is 18.7 Å². The second-order valence-electron chi connectivity index (χ2n) is 5.81. The van der Waals surface area contributed by atoms with E-state index in [0.29, 0.717) is 11.3 Å². The zero-order valence-corrected chi connectivity index (χ0v) is 13.0. The van der Waals surface area contributed by atoms with Crippen molar-refractivity contribution in [1.29, 1.82) is 5.26 Å². The minimum Gasteiger partial charge on any atom is -0.478 e. The molecule has 122 valence electrons. The molecular weight excluding hydrogens is 338 g/mol. The van der Waals surface area contributed by atoms with Crippen molar-refractivity contribution in [3.8, 4) is 17.3 Å². The van der Waals surface area contributed by atoms with Gasteiger partial charge in [0.25, 0.3) is 5.92 Å². The maximum absolute atomic E-state index is 13.3. The molecule has 24 heavy (non-hydrogen) atoms. The van der Waals surface area contributed by atoms with Crippen LogP contribution in [-0.4, -0.2) is 22.0 Å². The van der Waals surface area contributed by atoms with Gasteiger partial charge in [0.1, 0.15) is 5.41 Å². The van der Waals surface area contributed by atoms with Crippen LogP contribution in [0.4, 0.5) is 8.78 Å². The Bertz CT molecular complexity index is 869. The van der Waals surface area contributed by atoms with Gasteiger partial charge in [0.2, 0.25) is 0 Å². The Morgan fingerprint density at radius 2 is 2.00 bits per heavy atom. The van der Waals surface area contributed by atoms with Gasteiger partial charge in [-0.25, -0.2) is 13.6 Å². The number of nitriles is 1. The zero-order valence-electron chi connectivity index (χ0n) is 12.3. The number of pyridine rings is 1. The largest absolute Gasteiger partial charge is 0.478 e. The van der Waals surface area contributed by atoms with Gasteiger partial charge in [0.05, 0.1) is 28.0 Å². The summed E-state index contributed by atoms with van der Waals surface area (Å²) in [5.74, 6) is -3.99. The number of nitrogens with zero attached hydrogens (tertiary/aromatic N) is 2. The van der Waals surface area contributed by atoms with Gasteiger partial charge in [0.15, 0.2) is 0 Å². The van der Waals surface area contributed by atoms with Gasteiger partial charge in [-0.15, -0.1) is 0 Å². The van der Waals surface area contributed by atoms with Crippen LogP contribution in [0.2, 0.25) is 5.02 Å². The number of carbonyl (C=O) groups is 1. The molecule has 1 aromatic heterocycles. The fourth-order valence-electron chi connectivity index (χ4n) is 2.86. The Labute approximate surface area is 141 Å². The standard InChI is InChI=1S/C17H11ClF2N2O2/c18-12-6-10(4-5-11(12)15(23)24)13-2-1-3-14(22-13)16(9-21)7-17(19,20)8-16/h1-6H,7-8H2,(H,23,24). The minimum absolute atomic E-state index is 0.0382. The van der Waals surface area contributed by atoms with Crippen LogP contribution < -0.4 is 0 Å². The van der Waals surface area contributed by atoms with E-state index in [0.717, 1.165) is 0 Å². The Balaban J connectivity index is 1.99. The van der Waals surface area contributed by atoms with Crippen molar-refractivity contribution in [2.75, 3.05) is 0 Å². The maximum atomic E-state index is 13.3. The molecule has 1 heterocycles. The third-order valence-corrected chi connectivity index (χ3v) is 4.38. The van der Waals surface area contributed by atoms with Crippen molar-refractivity contribution in [2.24, 2.45) is 0 Å². The summed E-state index contributed by atoms with van der Waals surface area (Å²) in [5, 5.41) is 18.4. The van der Waals surface area contributed by atoms with Gasteiger partial charge in [-0.1, -0.05) is 23.7 Å². The molecule has 4 nitrogen and oxygen atoms in total. The number of rotatable bonds is 3. The van der Waals surface area contributed by atoms with Gasteiger partial charge >= 0.3 is 5.97 Å². The lowest BCUT2D eigenvalue weighted by Crippen LogP contribution is -2.48. The highest BCUT2D eigenvalue weighted by atomic mass is 35.5. The normalized spacial score (nSPS) is 17.6.